The minimum absolute atomic E-state index is 0.0274. The molecule has 0 heterocycles. The lowest BCUT2D eigenvalue weighted by atomic mass is 10.1. The first-order chi connectivity index (χ1) is 16.2. The highest BCUT2D eigenvalue weighted by molar-refractivity contribution is 7.87. The standard InChI is InChI=1S/C24H18Cl2N2O5S/c1-2-32-22-14-16(12-17(15-27)24(29)28-19-6-4-3-5-7-19)13-21(26)23(22)33-34(30,31)20-10-8-18(25)9-11-20/h3-14H,2H2,1H3,(H,28,29)/b17-12+. The zero-order valence-electron chi connectivity index (χ0n) is 17.8. The monoisotopic (exact) mass is 516 g/mol. The van der Waals surface area contributed by atoms with Crippen molar-refractivity contribution in [3.8, 4) is 17.6 Å². The maximum atomic E-state index is 12.7. The summed E-state index contributed by atoms with van der Waals surface area (Å²) in [5.74, 6) is -0.809. The second-order valence-corrected chi connectivity index (χ2v) is 9.13. The van der Waals surface area contributed by atoms with Crippen LogP contribution in [0.15, 0.2) is 77.2 Å². The number of carbonyl (C=O) groups excluding carboxylic acids is 1. The molecule has 1 amide bonds. The molecule has 0 radical (unpaired) electrons. The van der Waals surface area contributed by atoms with Gasteiger partial charge in [-0.1, -0.05) is 41.4 Å². The third-order valence-corrected chi connectivity index (χ3v) is 6.10. The maximum absolute atomic E-state index is 12.7. The van der Waals surface area contributed by atoms with Gasteiger partial charge < -0.3 is 14.2 Å². The Labute approximate surface area is 207 Å². The fourth-order valence-corrected chi connectivity index (χ4v) is 4.20. The van der Waals surface area contributed by atoms with Crippen molar-refractivity contribution in [2.24, 2.45) is 0 Å². The first-order valence-electron chi connectivity index (χ1n) is 9.88. The Bertz CT molecular complexity index is 1370. The average molecular weight is 517 g/mol. The minimum Gasteiger partial charge on any atom is -0.490 e. The molecule has 0 fully saturated rings. The fourth-order valence-electron chi connectivity index (χ4n) is 2.81. The molecule has 0 aliphatic carbocycles. The van der Waals surface area contributed by atoms with E-state index in [-0.39, 0.29) is 33.6 Å². The van der Waals surface area contributed by atoms with Gasteiger partial charge in [0.2, 0.25) is 5.75 Å². The average Bonchev–Trinajstić information content (AvgIpc) is 2.80. The summed E-state index contributed by atoms with van der Waals surface area (Å²) in [6, 6.07) is 18.7. The number of para-hydroxylation sites is 1. The molecule has 10 heteroatoms. The molecule has 3 aromatic rings. The van der Waals surface area contributed by atoms with Gasteiger partial charge in [-0.3, -0.25) is 4.79 Å². The number of benzene rings is 3. The Kier molecular flexibility index (Phi) is 8.18. The first kappa shape index (κ1) is 25.1. The zero-order chi connectivity index (χ0) is 24.7. The number of rotatable bonds is 8. The SMILES string of the molecule is CCOc1cc(/C=C(\C#N)C(=O)Nc2ccccc2)cc(Cl)c1OS(=O)(=O)c1ccc(Cl)cc1. The van der Waals surface area contributed by atoms with Gasteiger partial charge in [-0.2, -0.15) is 13.7 Å². The Morgan fingerprint density at radius 2 is 1.76 bits per heavy atom. The van der Waals surface area contributed by atoms with Crippen molar-refractivity contribution in [2.45, 2.75) is 11.8 Å². The second-order valence-electron chi connectivity index (χ2n) is 6.74. The van der Waals surface area contributed by atoms with Crippen LogP contribution in [0.2, 0.25) is 10.0 Å². The number of anilines is 1. The third-order valence-electron chi connectivity index (χ3n) is 4.33. The molecule has 3 aromatic carbocycles. The molecule has 0 atom stereocenters. The molecule has 3 rings (SSSR count). The molecular formula is C24H18Cl2N2O5S. The van der Waals surface area contributed by atoms with Crippen molar-refractivity contribution in [1.82, 2.24) is 0 Å². The molecule has 0 aromatic heterocycles. The molecule has 0 aliphatic heterocycles. The van der Waals surface area contributed by atoms with E-state index in [4.69, 9.17) is 32.1 Å². The van der Waals surface area contributed by atoms with Crippen molar-refractivity contribution in [3.63, 3.8) is 0 Å². The lowest BCUT2D eigenvalue weighted by molar-refractivity contribution is -0.112. The molecule has 0 aliphatic rings. The Balaban J connectivity index is 1.94. The zero-order valence-corrected chi connectivity index (χ0v) is 20.1. The highest BCUT2D eigenvalue weighted by Gasteiger charge is 2.23. The van der Waals surface area contributed by atoms with Gasteiger partial charge in [0.25, 0.3) is 5.91 Å². The maximum Gasteiger partial charge on any atom is 0.339 e. The van der Waals surface area contributed by atoms with Crippen LogP contribution < -0.4 is 14.2 Å². The number of hydrogen-bond acceptors (Lipinski definition) is 6. The van der Waals surface area contributed by atoms with E-state index < -0.39 is 16.0 Å². The molecule has 0 unspecified atom stereocenters. The van der Waals surface area contributed by atoms with E-state index in [0.717, 1.165) is 0 Å². The van der Waals surface area contributed by atoms with Crippen LogP contribution >= 0.6 is 23.2 Å². The molecular weight excluding hydrogens is 499 g/mol. The summed E-state index contributed by atoms with van der Waals surface area (Å²) in [6.45, 7) is 1.88. The lowest BCUT2D eigenvalue weighted by Crippen LogP contribution is -2.13. The van der Waals surface area contributed by atoms with Gasteiger partial charge >= 0.3 is 10.1 Å². The van der Waals surface area contributed by atoms with E-state index in [1.165, 1.54) is 42.5 Å². The number of nitrogens with zero attached hydrogens (tertiary/aromatic N) is 1. The summed E-state index contributed by atoms with van der Waals surface area (Å²) >= 11 is 12.1. The number of amides is 1. The van der Waals surface area contributed by atoms with E-state index in [1.54, 1.807) is 37.3 Å². The predicted molar refractivity (Wildman–Crippen MR) is 131 cm³/mol. The summed E-state index contributed by atoms with van der Waals surface area (Å²) in [6.07, 6.45) is 1.31. The van der Waals surface area contributed by atoms with Crippen molar-refractivity contribution in [2.75, 3.05) is 11.9 Å². The Hall–Kier alpha value is -3.51. The Morgan fingerprint density at radius 3 is 2.38 bits per heavy atom. The third kappa shape index (κ3) is 6.29. The van der Waals surface area contributed by atoms with Crippen LogP contribution in [0.1, 0.15) is 12.5 Å². The van der Waals surface area contributed by atoms with Crippen LogP contribution in [-0.4, -0.2) is 20.9 Å². The van der Waals surface area contributed by atoms with Crippen LogP contribution in [0.5, 0.6) is 11.5 Å². The molecule has 0 bridgehead atoms. The van der Waals surface area contributed by atoms with Gasteiger partial charge in [0.05, 0.1) is 11.6 Å². The van der Waals surface area contributed by atoms with Crippen molar-refractivity contribution < 1.29 is 22.1 Å². The Morgan fingerprint density at radius 1 is 1.09 bits per heavy atom. The number of nitrogens with one attached hydrogen (secondary N) is 1. The molecule has 1 N–H and O–H groups in total. The van der Waals surface area contributed by atoms with Gasteiger partial charge in [0.1, 0.15) is 16.5 Å². The highest BCUT2D eigenvalue weighted by atomic mass is 35.5. The van der Waals surface area contributed by atoms with Crippen molar-refractivity contribution >= 4 is 51.0 Å². The number of carbonyl (C=O) groups is 1. The molecule has 34 heavy (non-hydrogen) atoms. The van der Waals surface area contributed by atoms with Crippen LogP contribution in [0.4, 0.5) is 5.69 Å². The molecule has 174 valence electrons. The smallest absolute Gasteiger partial charge is 0.339 e. The van der Waals surface area contributed by atoms with E-state index in [0.29, 0.717) is 16.3 Å². The summed E-state index contributed by atoms with van der Waals surface area (Å²) in [5, 5.41) is 12.4. The topological polar surface area (TPSA) is 105 Å². The van der Waals surface area contributed by atoms with Gasteiger partial charge in [0.15, 0.2) is 5.75 Å². The van der Waals surface area contributed by atoms with Crippen molar-refractivity contribution in [1.29, 1.82) is 5.26 Å². The summed E-state index contributed by atoms with van der Waals surface area (Å²) in [7, 11) is -4.24. The van der Waals surface area contributed by atoms with Crippen LogP contribution in [-0.2, 0) is 14.9 Å². The van der Waals surface area contributed by atoms with Crippen LogP contribution in [0, 0.1) is 11.3 Å². The van der Waals surface area contributed by atoms with E-state index in [2.05, 4.69) is 5.32 Å². The number of ether oxygens (including phenoxy) is 1. The predicted octanol–water partition coefficient (Wildman–Crippen LogP) is 5.71. The molecule has 7 nitrogen and oxygen atoms in total. The molecule has 0 saturated carbocycles. The summed E-state index contributed by atoms with van der Waals surface area (Å²) < 4.78 is 36.2. The van der Waals surface area contributed by atoms with E-state index in [9.17, 15) is 18.5 Å². The number of halogens is 2. The van der Waals surface area contributed by atoms with E-state index in [1.807, 2.05) is 6.07 Å². The number of nitriles is 1. The van der Waals surface area contributed by atoms with Crippen LogP contribution in [0.25, 0.3) is 6.08 Å². The minimum atomic E-state index is -4.24. The summed E-state index contributed by atoms with van der Waals surface area (Å²) in [5.41, 5.74) is 0.673. The van der Waals surface area contributed by atoms with Gasteiger partial charge in [-0.05, 0) is 67.1 Å². The van der Waals surface area contributed by atoms with Gasteiger partial charge in [-0.15, -0.1) is 0 Å². The first-order valence-corrected chi connectivity index (χ1v) is 12.0. The molecule has 0 saturated heterocycles. The van der Waals surface area contributed by atoms with E-state index >= 15 is 0 Å². The van der Waals surface area contributed by atoms with Crippen LogP contribution in [0.3, 0.4) is 0 Å². The summed E-state index contributed by atoms with van der Waals surface area (Å²) in [4.78, 5) is 12.4. The normalized spacial score (nSPS) is 11.4. The number of hydrogen-bond donors (Lipinski definition) is 1. The molecule has 0 spiro atoms. The fraction of sp³-hybridized carbons (Fsp3) is 0.0833. The quantitative estimate of drug-likeness (QED) is 0.233. The van der Waals surface area contributed by atoms with Gasteiger partial charge in [0, 0.05) is 10.7 Å². The second kappa shape index (κ2) is 11.1. The van der Waals surface area contributed by atoms with Gasteiger partial charge in [-0.25, -0.2) is 0 Å². The van der Waals surface area contributed by atoms with Crippen molar-refractivity contribution in [3.05, 3.63) is 87.9 Å². The highest BCUT2D eigenvalue weighted by Crippen LogP contribution is 2.39. The lowest BCUT2D eigenvalue weighted by Gasteiger charge is -2.14. The largest absolute Gasteiger partial charge is 0.490 e.